The van der Waals surface area contributed by atoms with Gasteiger partial charge in [-0.25, -0.2) is 0 Å². The lowest BCUT2D eigenvalue weighted by atomic mass is 9.97. The van der Waals surface area contributed by atoms with E-state index in [1.54, 1.807) is 11.3 Å². The van der Waals surface area contributed by atoms with E-state index in [-0.39, 0.29) is 0 Å². The second kappa shape index (κ2) is 5.21. The van der Waals surface area contributed by atoms with Crippen LogP contribution >= 0.6 is 27.3 Å². The summed E-state index contributed by atoms with van der Waals surface area (Å²) in [6.45, 7) is 0. The van der Waals surface area contributed by atoms with Crippen molar-refractivity contribution in [3.8, 4) is 0 Å². The Bertz CT molecular complexity index is 279. The van der Waals surface area contributed by atoms with Crippen LogP contribution in [-0.2, 0) is 6.42 Å². The van der Waals surface area contributed by atoms with Gasteiger partial charge in [0, 0.05) is 6.42 Å². The van der Waals surface area contributed by atoms with E-state index in [0.29, 0.717) is 0 Å². The van der Waals surface area contributed by atoms with Crippen LogP contribution in [0.3, 0.4) is 0 Å². The first-order chi connectivity index (χ1) is 6.84. The number of rotatable bonds is 2. The predicted molar refractivity (Wildman–Crippen MR) is 62.5 cm³/mol. The molecule has 0 radical (unpaired) electrons. The number of halogens is 1. The van der Waals surface area contributed by atoms with E-state index in [0.717, 1.165) is 16.3 Å². The molecule has 1 fully saturated rings. The molecular weight excluding hydrogens is 260 g/mol. The van der Waals surface area contributed by atoms with Crippen LogP contribution in [0.5, 0.6) is 0 Å². The fraction of sp³-hybridized carbons (Fsp3) is 0.800. The van der Waals surface area contributed by atoms with Gasteiger partial charge in [0.05, 0.1) is 0 Å². The highest BCUT2D eigenvalue weighted by Gasteiger charge is 2.14. The molecule has 1 aliphatic carbocycles. The second-order valence-corrected chi connectivity index (χ2v) is 6.35. The molecule has 0 saturated heterocycles. The molecule has 0 atom stereocenters. The Balaban J connectivity index is 1.89. The van der Waals surface area contributed by atoms with Crippen molar-refractivity contribution in [3.05, 3.63) is 8.92 Å². The van der Waals surface area contributed by atoms with E-state index in [9.17, 15) is 0 Å². The Labute approximate surface area is 97.3 Å². The third-order valence-electron chi connectivity index (χ3n) is 2.88. The first-order valence-corrected chi connectivity index (χ1v) is 6.93. The Morgan fingerprint density at radius 2 is 1.86 bits per heavy atom. The minimum absolute atomic E-state index is 0.859. The van der Waals surface area contributed by atoms with Crippen molar-refractivity contribution in [1.29, 1.82) is 0 Å². The van der Waals surface area contributed by atoms with E-state index in [1.807, 2.05) is 0 Å². The molecule has 0 amide bonds. The highest BCUT2D eigenvalue weighted by Crippen LogP contribution is 2.27. The van der Waals surface area contributed by atoms with Gasteiger partial charge in [0.2, 0.25) is 0 Å². The van der Waals surface area contributed by atoms with Crippen molar-refractivity contribution in [2.45, 2.75) is 44.9 Å². The quantitative estimate of drug-likeness (QED) is 0.767. The van der Waals surface area contributed by atoms with Crippen LogP contribution in [0.4, 0.5) is 0 Å². The maximum Gasteiger partial charge on any atom is 0.183 e. The summed E-state index contributed by atoms with van der Waals surface area (Å²) in [4.78, 5) is 0. The monoisotopic (exact) mass is 274 g/mol. The summed E-state index contributed by atoms with van der Waals surface area (Å²) < 4.78 is 0.918. The van der Waals surface area contributed by atoms with E-state index < -0.39 is 0 Å². The van der Waals surface area contributed by atoms with Crippen molar-refractivity contribution in [1.82, 2.24) is 10.2 Å². The van der Waals surface area contributed by atoms with Crippen molar-refractivity contribution >= 4 is 27.3 Å². The minimum atomic E-state index is 0.859. The Morgan fingerprint density at radius 1 is 1.14 bits per heavy atom. The van der Waals surface area contributed by atoms with Gasteiger partial charge in [-0.15, -0.1) is 10.2 Å². The lowest BCUT2D eigenvalue weighted by Gasteiger charge is -2.10. The Morgan fingerprint density at radius 3 is 2.43 bits per heavy atom. The van der Waals surface area contributed by atoms with Gasteiger partial charge >= 0.3 is 0 Å². The molecule has 0 unspecified atom stereocenters. The van der Waals surface area contributed by atoms with E-state index in [1.165, 1.54) is 43.5 Å². The van der Waals surface area contributed by atoms with Crippen LogP contribution in [-0.4, -0.2) is 10.2 Å². The SMILES string of the molecule is Brc1nnc(CC2CCCCCC2)s1. The maximum absolute atomic E-state index is 4.16. The van der Waals surface area contributed by atoms with Crippen molar-refractivity contribution in [2.75, 3.05) is 0 Å². The molecule has 0 aromatic carbocycles. The van der Waals surface area contributed by atoms with Crippen molar-refractivity contribution in [3.63, 3.8) is 0 Å². The van der Waals surface area contributed by atoms with Crippen LogP contribution in [0.2, 0.25) is 0 Å². The van der Waals surface area contributed by atoms with E-state index in [4.69, 9.17) is 0 Å². The summed E-state index contributed by atoms with van der Waals surface area (Å²) in [6.07, 6.45) is 9.58. The fourth-order valence-electron chi connectivity index (χ4n) is 2.13. The van der Waals surface area contributed by atoms with Gasteiger partial charge in [-0.3, -0.25) is 0 Å². The minimum Gasteiger partial charge on any atom is -0.143 e. The zero-order valence-electron chi connectivity index (χ0n) is 8.21. The molecule has 14 heavy (non-hydrogen) atoms. The molecule has 78 valence electrons. The van der Waals surface area contributed by atoms with Gasteiger partial charge in [-0.2, -0.15) is 0 Å². The summed E-state index contributed by atoms with van der Waals surface area (Å²) >= 11 is 5.04. The van der Waals surface area contributed by atoms with Crippen LogP contribution in [0.25, 0.3) is 0 Å². The van der Waals surface area contributed by atoms with Gasteiger partial charge in [0.15, 0.2) is 3.92 Å². The molecule has 0 aliphatic heterocycles. The lowest BCUT2D eigenvalue weighted by Crippen LogP contribution is -2.02. The summed E-state index contributed by atoms with van der Waals surface area (Å²) in [5.74, 6) is 0.859. The predicted octanol–water partition coefficient (Wildman–Crippen LogP) is 3.81. The molecule has 0 N–H and O–H groups in total. The van der Waals surface area contributed by atoms with E-state index >= 15 is 0 Å². The molecule has 1 aromatic heterocycles. The molecule has 1 heterocycles. The highest BCUT2D eigenvalue weighted by molar-refractivity contribution is 9.11. The van der Waals surface area contributed by atoms with Gasteiger partial charge in [-0.1, -0.05) is 49.9 Å². The van der Waals surface area contributed by atoms with Gasteiger partial charge in [0.1, 0.15) is 5.01 Å². The second-order valence-electron chi connectivity index (χ2n) is 4.01. The standard InChI is InChI=1S/C10H15BrN2S/c11-10-13-12-9(14-10)7-8-5-3-1-2-4-6-8/h8H,1-7H2. The highest BCUT2D eigenvalue weighted by atomic mass is 79.9. The first-order valence-electron chi connectivity index (χ1n) is 5.32. The largest absolute Gasteiger partial charge is 0.183 e. The average molecular weight is 275 g/mol. The van der Waals surface area contributed by atoms with Crippen LogP contribution < -0.4 is 0 Å². The summed E-state index contributed by atoms with van der Waals surface area (Å²) in [5.41, 5.74) is 0. The molecule has 1 aliphatic rings. The number of hydrogen-bond acceptors (Lipinski definition) is 3. The number of nitrogens with zero attached hydrogens (tertiary/aromatic N) is 2. The topological polar surface area (TPSA) is 25.8 Å². The average Bonchev–Trinajstić information content (AvgIpc) is 2.43. The van der Waals surface area contributed by atoms with Gasteiger partial charge in [-0.05, 0) is 21.8 Å². The summed E-state index contributed by atoms with van der Waals surface area (Å²) in [6, 6.07) is 0. The number of aromatic nitrogens is 2. The molecular formula is C10H15BrN2S. The molecule has 1 aromatic rings. The molecule has 2 nitrogen and oxygen atoms in total. The Kier molecular flexibility index (Phi) is 3.93. The smallest absolute Gasteiger partial charge is 0.143 e. The molecule has 2 rings (SSSR count). The molecule has 0 spiro atoms. The van der Waals surface area contributed by atoms with Crippen molar-refractivity contribution in [2.24, 2.45) is 5.92 Å². The van der Waals surface area contributed by atoms with Crippen molar-refractivity contribution < 1.29 is 0 Å². The molecule has 0 bridgehead atoms. The third kappa shape index (κ3) is 3.02. The zero-order valence-corrected chi connectivity index (χ0v) is 10.6. The Hall–Kier alpha value is 0.0400. The zero-order chi connectivity index (χ0) is 9.80. The third-order valence-corrected chi connectivity index (χ3v) is 4.26. The molecule has 1 saturated carbocycles. The fourth-order valence-corrected chi connectivity index (χ4v) is 3.45. The van der Waals surface area contributed by atoms with Crippen LogP contribution in [0, 0.1) is 5.92 Å². The van der Waals surface area contributed by atoms with Crippen LogP contribution in [0.1, 0.15) is 43.5 Å². The lowest BCUT2D eigenvalue weighted by molar-refractivity contribution is 0.456. The summed E-state index contributed by atoms with van der Waals surface area (Å²) in [7, 11) is 0. The number of hydrogen-bond donors (Lipinski definition) is 0. The van der Waals surface area contributed by atoms with Gasteiger partial charge < -0.3 is 0 Å². The van der Waals surface area contributed by atoms with E-state index in [2.05, 4.69) is 26.1 Å². The summed E-state index contributed by atoms with van der Waals surface area (Å²) in [5, 5.41) is 9.35. The van der Waals surface area contributed by atoms with Crippen LogP contribution in [0.15, 0.2) is 3.92 Å². The maximum atomic E-state index is 4.16. The normalized spacial score (nSPS) is 19.5. The first kappa shape index (κ1) is 10.6. The molecule has 4 heteroatoms. The van der Waals surface area contributed by atoms with Gasteiger partial charge in [0.25, 0.3) is 0 Å².